The first-order valence-electron chi connectivity index (χ1n) is 19.2. The number of carbonyl (C=O) groups excluding carboxylic acids is 2. The molecule has 0 heterocycles. The largest absolute Gasteiger partial charge is 0.481 e. The lowest BCUT2D eigenvalue weighted by Gasteiger charge is -2.14. The maximum atomic E-state index is 12.6. The van der Waals surface area contributed by atoms with E-state index in [1.54, 1.807) is 0 Å². The van der Waals surface area contributed by atoms with Crippen LogP contribution in [-0.2, 0) is 23.9 Å². The highest BCUT2D eigenvalue weighted by Crippen LogP contribution is 2.19. The molecule has 0 saturated carbocycles. The Balaban J connectivity index is 3.82. The van der Waals surface area contributed by atoms with E-state index in [4.69, 9.17) is 14.6 Å². The van der Waals surface area contributed by atoms with Gasteiger partial charge in [0.15, 0.2) is 0 Å². The highest BCUT2D eigenvalue weighted by Gasteiger charge is 2.25. The molecule has 0 aromatic carbocycles. The Morgan fingerprint density at radius 3 is 1.13 bits per heavy atom. The lowest BCUT2D eigenvalue weighted by atomic mass is 10.0. The van der Waals surface area contributed by atoms with Gasteiger partial charge in [0.1, 0.15) is 5.25 Å². The third-order valence-corrected chi connectivity index (χ3v) is 9.70. The third-order valence-electron chi connectivity index (χ3n) is 8.53. The Bertz CT molecular complexity index is 671. The lowest BCUT2D eigenvalue weighted by Crippen LogP contribution is -2.26. The fraction of sp³-hybridized carbons (Fsp3) is 0.921. The average molecular weight is 657 g/mol. The van der Waals surface area contributed by atoms with Crippen LogP contribution in [0.5, 0.6) is 0 Å². The second-order valence-electron chi connectivity index (χ2n) is 13.0. The minimum Gasteiger partial charge on any atom is -0.481 e. The van der Waals surface area contributed by atoms with Crippen LogP contribution in [-0.4, -0.2) is 47.2 Å². The van der Waals surface area contributed by atoms with Gasteiger partial charge in [-0.05, 0) is 12.8 Å². The lowest BCUT2D eigenvalue weighted by molar-refractivity contribution is -0.149. The monoisotopic (exact) mass is 657 g/mol. The van der Waals surface area contributed by atoms with Crippen molar-refractivity contribution in [2.75, 3.05) is 19.0 Å². The van der Waals surface area contributed by atoms with Gasteiger partial charge in [0, 0.05) is 0 Å². The maximum Gasteiger partial charge on any atom is 0.319 e. The van der Waals surface area contributed by atoms with E-state index in [1.807, 2.05) is 0 Å². The van der Waals surface area contributed by atoms with E-state index in [0.29, 0.717) is 13.2 Å². The van der Waals surface area contributed by atoms with Crippen LogP contribution in [0, 0.1) is 0 Å². The van der Waals surface area contributed by atoms with Gasteiger partial charge in [0.2, 0.25) is 0 Å². The molecule has 0 rings (SSSR count). The normalized spacial score (nSPS) is 11.9. The molecule has 0 bridgehead atoms. The van der Waals surface area contributed by atoms with Gasteiger partial charge in [-0.15, -0.1) is 11.8 Å². The number of carboxylic acids is 1. The molecule has 0 aromatic rings. The van der Waals surface area contributed by atoms with E-state index < -0.39 is 23.2 Å². The Morgan fingerprint density at radius 2 is 0.800 bits per heavy atom. The number of carbonyl (C=O) groups is 3. The molecule has 0 amide bonds. The first-order valence-corrected chi connectivity index (χ1v) is 20.2. The summed E-state index contributed by atoms with van der Waals surface area (Å²) in [5, 5.41) is 8.22. The Kier molecular flexibility index (Phi) is 34.6. The zero-order valence-electron chi connectivity index (χ0n) is 29.6. The summed E-state index contributed by atoms with van der Waals surface area (Å²) in [6, 6.07) is 0. The van der Waals surface area contributed by atoms with Crippen molar-refractivity contribution in [1.82, 2.24) is 0 Å². The van der Waals surface area contributed by atoms with Crippen molar-refractivity contribution in [3.05, 3.63) is 0 Å². The highest BCUT2D eigenvalue weighted by molar-refractivity contribution is 8.01. The first-order chi connectivity index (χ1) is 22.0. The van der Waals surface area contributed by atoms with Crippen LogP contribution in [0.1, 0.15) is 200 Å². The fourth-order valence-corrected chi connectivity index (χ4v) is 6.44. The molecule has 0 radical (unpaired) electrons. The van der Waals surface area contributed by atoms with Crippen LogP contribution >= 0.6 is 11.8 Å². The van der Waals surface area contributed by atoms with Crippen LogP contribution in [0.4, 0.5) is 0 Å². The molecule has 1 atom stereocenters. The molecule has 7 heteroatoms. The van der Waals surface area contributed by atoms with Crippen molar-refractivity contribution in [2.24, 2.45) is 0 Å². The van der Waals surface area contributed by atoms with Gasteiger partial charge in [-0.1, -0.05) is 181 Å². The zero-order valence-corrected chi connectivity index (χ0v) is 30.4. The minimum atomic E-state index is -1.01. The summed E-state index contributed by atoms with van der Waals surface area (Å²) in [5.41, 5.74) is 0. The number of thioether (sulfide) groups is 1. The molecule has 266 valence electrons. The van der Waals surface area contributed by atoms with E-state index in [1.165, 1.54) is 141 Å². The van der Waals surface area contributed by atoms with E-state index in [-0.39, 0.29) is 12.2 Å². The van der Waals surface area contributed by atoms with Crippen molar-refractivity contribution in [3.8, 4) is 0 Å². The second-order valence-corrected chi connectivity index (χ2v) is 14.2. The summed E-state index contributed by atoms with van der Waals surface area (Å²) in [6.45, 7) is 5.18. The minimum absolute atomic E-state index is 0.145. The Morgan fingerprint density at radius 1 is 0.489 bits per heavy atom. The molecule has 0 aliphatic carbocycles. The molecule has 0 spiro atoms. The van der Waals surface area contributed by atoms with Gasteiger partial charge in [-0.2, -0.15) is 0 Å². The number of aliphatic carboxylic acids is 1. The van der Waals surface area contributed by atoms with Gasteiger partial charge < -0.3 is 14.6 Å². The number of esters is 2. The molecule has 0 saturated heterocycles. The van der Waals surface area contributed by atoms with Crippen LogP contribution in [0.15, 0.2) is 0 Å². The Hall–Kier alpha value is -1.24. The number of hydrogen-bond acceptors (Lipinski definition) is 6. The van der Waals surface area contributed by atoms with Gasteiger partial charge in [0.05, 0.1) is 25.4 Å². The Labute approximate surface area is 282 Å². The molecule has 0 aromatic heterocycles. The van der Waals surface area contributed by atoms with E-state index in [9.17, 15) is 14.4 Å². The number of hydrogen-bond donors (Lipinski definition) is 1. The number of ether oxygens (including phenoxy) is 2. The summed E-state index contributed by atoms with van der Waals surface area (Å²) in [5.74, 6) is -2.23. The molecule has 0 aliphatic rings. The third kappa shape index (κ3) is 33.9. The summed E-state index contributed by atoms with van der Waals surface area (Å²) in [4.78, 5) is 36.0. The molecular formula is C38H72O6S. The molecule has 0 aliphatic heterocycles. The number of carboxylic acid groups (broad SMARTS) is 1. The summed E-state index contributed by atoms with van der Waals surface area (Å²) < 4.78 is 10.8. The summed E-state index contributed by atoms with van der Waals surface area (Å²) in [6.07, 6.45) is 35.3. The van der Waals surface area contributed by atoms with Crippen molar-refractivity contribution >= 4 is 29.7 Å². The summed E-state index contributed by atoms with van der Waals surface area (Å²) in [7, 11) is 0. The number of rotatable bonds is 36. The van der Waals surface area contributed by atoms with Crippen LogP contribution in [0.25, 0.3) is 0 Å². The number of unbranched alkanes of at least 4 members (excludes halogenated alkanes) is 26. The summed E-state index contributed by atoms with van der Waals surface area (Å²) >= 11 is 0.942. The molecule has 6 nitrogen and oxygen atoms in total. The van der Waals surface area contributed by atoms with Gasteiger partial charge in [0.25, 0.3) is 0 Å². The highest BCUT2D eigenvalue weighted by atomic mass is 32.2. The SMILES string of the molecule is CCCCCCCCCCCCCCCCOC(=O)CC(SCC(=O)O)C(=O)OCCCCCCCCCCCCCCCC. The zero-order chi connectivity index (χ0) is 33.1. The smallest absolute Gasteiger partial charge is 0.319 e. The van der Waals surface area contributed by atoms with E-state index in [0.717, 1.165) is 50.3 Å². The molecule has 1 unspecified atom stereocenters. The molecule has 45 heavy (non-hydrogen) atoms. The first kappa shape index (κ1) is 43.8. The predicted octanol–water partition coefficient (Wildman–Crippen LogP) is 11.6. The van der Waals surface area contributed by atoms with Crippen molar-refractivity contribution in [3.63, 3.8) is 0 Å². The van der Waals surface area contributed by atoms with E-state index in [2.05, 4.69) is 13.8 Å². The van der Waals surface area contributed by atoms with Gasteiger partial charge >= 0.3 is 17.9 Å². The van der Waals surface area contributed by atoms with Crippen LogP contribution in [0.2, 0.25) is 0 Å². The molecule has 0 fully saturated rings. The van der Waals surface area contributed by atoms with Gasteiger partial charge in [-0.25, -0.2) is 0 Å². The quantitative estimate of drug-likeness (QED) is 0.0530. The van der Waals surface area contributed by atoms with Crippen molar-refractivity contribution < 1.29 is 29.0 Å². The maximum absolute atomic E-state index is 12.6. The average Bonchev–Trinajstić information content (AvgIpc) is 3.02. The van der Waals surface area contributed by atoms with Crippen LogP contribution in [0.3, 0.4) is 0 Å². The van der Waals surface area contributed by atoms with Crippen LogP contribution < -0.4 is 0 Å². The topological polar surface area (TPSA) is 89.9 Å². The standard InChI is InChI=1S/C38H72O6S/c1-3-5-7-9-11-13-15-17-19-21-23-25-27-29-31-43-37(41)33-35(45-34-36(39)40)38(42)44-32-30-28-26-24-22-20-18-16-14-12-10-8-6-4-2/h35H,3-34H2,1-2H3,(H,39,40). The van der Waals surface area contributed by atoms with Crippen molar-refractivity contribution in [2.45, 2.75) is 205 Å². The molecular weight excluding hydrogens is 584 g/mol. The predicted molar refractivity (Wildman–Crippen MR) is 191 cm³/mol. The molecule has 1 N–H and O–H groups in total. The fourth-order valence-electron chi connectivity index (χ4n) is 5.64. The van der Waals surface area contributed by atoms with E-state index >= 15 is 0 Å². The second kappa shape index (κ2) is 35.6. The van der Waals surface area contributed by atoms with Gasteiger partial charge in [-0.3, -0.25) is 14.4 Å². The van der Waals surface area contributed by atoms with Crippen molar-refractivity contribution in [1.29, 1.82) is 0 Å².